The summed E-state index contributed by atoms with van der Waals surface area (Å²) in [6, 6.07) is 15.7. The van der Waals surface area contributed by atoms with Crippen molar-refractivity contribution in [2.45, 2.75) is 12.5 Å². The Morgan fingerprint density at radius 3 is 2.00 bits per heavy atom. The Balaban J connectivity index is 2.29. The van der Waals surface area contributed by atoms with Crippen LogP contribution < -0.4 is 4.74 Å². The van der Waals surface area contributed by atoms with Gasteiger partial charge in [-0.15, -0.1) is 5.73 Å². The molecule has 0 saturated heterocycles. The maximum absolute atomic E-state index is 10.2. The van der Waals surface area contributed by atoms with Gasteiger partial charge in [-0.1, -0.05) is 43.0 Å². The summed E-state index contributed by atoms with van der Waals surface area (Å²) in [5.74, 6) is 0.837. The summed E-state index contributed by atoms with van der Waals surface area (Å²) in [7, 11) is 1.65. The SMILES string of the molecule is C=C=CC(C)(O)c1ccc(-c2ccc(OC)cc2)cc1. The second-order valence-electron chi connectivity index (χ2n) is 4.80. The van der Waals surface area contributed by atoms with Crippen molar-refractivity contribution in [3.05, 3.63) is 72.5 Å². The van der Waals surface area contributed by atoms with Gasteiger partial charge in [-0.05, 0) is 41.8 Å². The molecule has 1 unspecified atom stereocenters. The van der Waals surface area contributed by atoms with Crippen LogP contribution in [0.15, 0.2) is 66.9 Å². The van der Waals surface area contributed by atoms with Crippen molar-refractivity contribution in [3.63, 3.8) is 0 Å². The molecule has 0 aliphatic carbocycles. The summed E-state index contributed by atoms with van der Waals surface area (Å²) in [4.78, 5) is 0. The molecular formula is C18H18O2. The van der Waals surface area contributed by atoms with Crippen LogP contribution in [0.1, 0.15) is 12.5 Å². The highest BCUT2D eigenvalue weighted by Gasteiger charge is 2.18. The molecule has 0 aliphatic heterocycles. The van der Waals surface area contributed by atoms with Gasteiger partial charge in [0.15, 0.2) is 0 Å². The van der Waals surface area contributed by atoms with Crippen molar-refractivity contribution in [2.75, 3.05) is 7.11 Å². The summed E-state index contributed by atoms with van der Waals surface area (Å²) in [6.45, 7) is 5.22. The Labute approximate surface area is 119 Å². The van der Waals surface area contributed by atoms with Crippen LogP contribution in [0, 0.1) is 0 Å². The van der Waals surface area contributed by atoms with Crippen molar-refractivity contribution in [1.82, 2.24) is 0 Å². The molecule has 102 valence electrons. The smallest absolute Gasteiger partial charge is 0.118 e. The fraction of sp³-hybridized carbons (Fsp3) is 0.167. The summed E-state index contributed by atoms with van der Waals surface area (Å²) in [5, 5.41) is 10.2. The predicted molar refractivity (Wildman–Crippen MR) is 81.7 cm³/mol. The summed E-state index contributed by atoms with van der Waals surface area (Å²) in [5.41, 5.74) is 4.60. The lowest BCUT2D eigenvalue weighted by Crippen LogP contribution is -2.16. The Bertz CT molecular complexity index is 615. The van der Waals surface area contributed by atoms with Crippen LogP contribution in [0.25, 0.3) is 11.1 Å². The number of benzene rings is 2. The first-order valence-electron chi connectivity index (χ1n) is 6.41. The standard InChI is InChI=1S/C18H18O2/c1-4-13-18(2,19)16-9-5-14(6-10-16)15-7-11-17(20-3)12-8-15/h5-13,19H,1H2,2-3H3. The lowest BCUT2D eigenvalue weighted by molar-refractivity contribution is 0.111. The van der Waals surface area contributed by atoms with Crippen LogP contribution in [-0.4, -0.2) is 12.2 Å². The summed E-state index contributed by atoms with van der Waals surface area (Å²) >= 11 is 0. The molecule has 0 spiro atoms. The largest absolute Gasteiger partial charge is 0.497 e. The summed E-state index contributed by atoms with van der Waals surface area (Å²) in [6.07, 6.45) is 1.55. The normalized spacial score (nSPS) is 13.2. The molecule has 2 nitrogen and oxygen atoms in total. The average Bonchev–Trinajstić information content (AvgIpc) is 2.47. The first-order valence-corrected chi connectivity index (χ1v) is 6.41. The molecule has 2 rings (SSSR count). The van der Waals surface area contributed by atoms with E-state index in [-0.39, 0.29) is 0 Å². The van der Waals surface area contributed by atoms with Gasteiger partial charge in [-0.3, -0.25) is 0 Å². The van der Waals surface area contributed by atoms with Gasteiger partial charge in [-0.25, -0.2) is 0 Å². The molecule has 0 fully saturated rings. The Kier molecular flexibility index (Phi) is 4.09. The maximum Gasteiger partial charge on any atom is 0.118 e. The highest BCUT2D eigenvalue weighted by Crippen LogP contribution is 2.26. The zero-order valence-corrected chi connectivity index (χ0v) is 11.8. The van der Waals surface area contributed by atoms with Gasteiger partial charge < -0.3 is 9.84 Å². The molecular weight excluding hydrogens is 248 g/mol. The lowest BCUT2D eigenvalue weighted by Gasteiger charge is -2.18. The van der Waals surface area contributed by atoms with Crippen molar-refractivity contribution in [2.24, 2.45) is 0 Å². The van der Waals surface area contributed by atoms with Gasteiger partial charge in [0.2, 0.25) is 0 Å². The minimum atomic E-state index is -1.04. The number of aliphatic hydroxyl groups is 1. The average molecular weight is 266 g/mol. The van der Waals surface area contributed by atoms with Gasteiger partial charge in [0.05, 0.1) is 7.11 Å². The molecule has 0 aromatic heterocycles. The molecule has 1 atom stereocenters. The zero-order chi connectivity index (χ0) is 14.6. The van der Waals surface area contributed by atoms with E-state index in [0.717, 1.165) is 22.4 Å². The minimum absolute atomic E-state index is 0.811. The third-order valence-electron chi connectivity index (χ3n) is 3.28. The molecule has 1 N–H and O–H groups in total. The summed E-state index contributed by atoms with van der Waals surface area (Å²) < 4.78 is 5.15. The van der Waals surface area contributed by atoms with Gasteiger partial charge >= 0.3 is 0 Å². The number of hydrogen-bond acceptors (Lipinski definition) is 2. The van der Waals surface area contributed by atoms with Crippen LogP contribution in [-0.2, 0) is 5.60 Å². The molecule has 2 heteroatoms. The van der Waals surface area contributed by atoms with Gasteiger partial charge in [0.25, 0.3) is 0 Å². The monoisotopic (exact) mass is 266 g/mol. The second kappa shape index (κ2) is 5.79. The van der Waals surface area contributed by atoms with E-state index in [9.17, 15) is 5.11 Å². The van der Waals surface area contributed by atoms with E-state index >= 15 is 0 Å². The molecule has 0 heterocycles. The van der Waals surface area contributed by atoms with Crippen molar-refractivity contribution < 1.29 is 9.84 Å². The van der Waals surface area contributed by atoms with Crippen LogP contribution in [0.5, 0.6) is 5.75 Å². The quantitative estimate of drug-likeness (QED) is 0.850. The Morgan fingerprint density at radius 2 is 1.55 bits per heavy atom. The second-order valence-corrected chi connectivity index (χ2v) is 4.80. The Morgan fingerprint density at radius 1 is 1.05 bits per heavy atom. The number of hydrogen-bond donors (Lipinski definition) is 1. The van der Waals surface area contributed by atoms with E-state index in [0.29, 0.717) is 0 Å². The molecule has 0 radical (unpaired) electrons. The molecule has 2 aromatic rings. The third kappa shape index (κ3) is 3.00. The van der Waals surface area contributed by atoms with Crippen LogP contribution in [0.2, 0.25) is 0 Å². The van der Waals surface area contributed by atoms with E-state index in [1.165, 1.54) is 0 Å². The number of rotatable bonds is 4. The zero-order valence-electron chi connectivity index (χ0n) is 11.8. The minimum Gasteiger partial charge on any atom is -0.497 e. The van der Waals surface area contributed by atoms with E-state index in [1.54, 1.807) is 20.1 Å². The van der Waals surface area contributed by atoms with Gasteiger partial charge in [0, 0.05) is 0 Å². The predicted octanol–water partition coefficient (Wildman–Crippen LogP) is 3.91. The first kappa shape index (κ1) is 14.1. The molecule has 0 bridgehead atoms. The molecule has 2 aromatic carbocycles. The number of methoxy groups -OCH3 is 1. The molecule has 20 heavy (non-hydrogen) atoms. The first-order chi connectivity index (χ1) is 9.56. The Hall–Kier alpha value is -2.28. The molecule has 0 amide bonds. The fourth-order valence-corrected chi connectivity index (χ4v) is 2.07. The third-order valence-corrected chi connectivity index (χ3v) is 3.28. The van der Waals surface area contributed by atoms with Crippen molar-refractivity contribution in [3.8, 4) is 16.9 Å². The fourth-order valence-electron chi connectivity index (χ4n) is 2.07. The van der Waals surface area contributed by atoms with Crippen LogP contribution in [0.3, 0.4) is 0 Å². The van der Waals surface area contributed by atoms with Crippen LogP contribution >= 0.6 is 0 Å². The topological polar surface area (TPSA) is 29.5 Å². The van der Waals surface area contributed by atoms with Crippen molar-refractivity contribution >= 4 is 0 Å². The van der Waals surface area contributed by atoms with Crippen LogP contribution in [0.4, 0.5) is 0 Å². The van der Waals surface area contributed by atoms with Gasteiger partial charge in [-0.2, -0.15) is 0 Å². The maximum atomic E-state index is 10.2. The van der Waals surface area contributed by atoms with Gasteiger partial charge in [0.1, 0.15) is 11.4 Å². The van der Waals surface area contributed by atoms with Crippen molar-refractivity contribution in [1.29, 1.82) is 0 Å². The highest BCUT2D eigenvalue weighted by molar-refractivity contribution is 5.64. The van der Waals surface area contributed by atoms with E-state index in [1.807, 2.05) is 48.5 Å². The lowest BCUT2D eigenvalue weighted by atomic mass is 9.94. The van der Waals surface area contributed by atoms with E-state index in [4.69, 9.17) is 4.74 Å². The van der Waals surface area contributed by atoms with E-state index < -0.39 is 5.60 Å². The number of ether oxygens (including phenoxy) is 1. The molecule has 0 aliphatic rings. The molecule has 0 saturated carbocycles. The van der Waals surface area contributed by atoms with E-state index in [2.05, 4.69) is 12.3 Å². The highest BCUT2D eigenvalue weighted by atomic mass is 16.5.